The fourth-order valence-corrected chi connectivity index (χ4v) is 3.29. The summed E-state index contributed by atoms with van der Waals surface area (Å²) in [6.45, 7) is 1.51. The Morgan fingerprint density at radius 2 is 2.00 bits per heavy atom. The summed E-state index contributed by atoms with van der Waals surface area (Å²) in [5.74, 6) is 1.16. The van der Waals surface area contributed by atoms with Crippen molar-refractivity contribution in [1.82, 2.24) is 10.2 Å². The number of carbonyl (C=O) groups is 2. The molecule has 1 aromatic carbocycles. The molecule has 3 heterocycles. The first-order valence-corrected chi connectivity index (χ1v) is 7.80. The van der Waals surface area contributed by atoms with E-state index in [9.17, 15) is 9.59 Å². The molecule has 0 unspecified atom stereocenters. The van der Waals surface area contributed by atoms with Gasteiger partial charge in [0.05, 0.1) is 12.1 Å². The van der Waals surface area contributed by atoms with Gasteiger partial charge < -0.3 is 24.4 Å². The third-order valence-electron chi connectivity index (χ3n) is 4.52. The third-order valence-corrected chi connectivity index (χ3v) is 4.52. The molecule has 4 rings (SSSR count). The molecule has 3 aliphatic rings. The van der Waals surface area contributed by atoms with E-state index in [1.165, 1.54) is 0 Å². The Kier molecular flexibility index (Phi) is 3.57. The zero-order chi connectivity index (χ0) is 15.8. The summed E-state index contributed by atoms with van der Waals surface area (Å²) in [5.41, 5.74) is 0.587. The van der Waals surface area contributed by atoms with Gasteiger partial charge in [-0.25, -0.2) is 0 Å². The minimum Gasteiger partial charge on any atom is -0.454 e. The molecule has 2 atom stereocenters. The number of amides is 2. The van der Waals surface area contributed by atoms with Crippen LogP contribution in [0.15, 0.2) is 18.2 Å². The first-order chi connectivity index (χ1) is 11.2. The molecule has 122 valence electrons. The summed E-state index contributed by atoms with van der Waals surface area (Å²) in [7, 11) is 0. The number of benzene rings is 1. The van der Waals surface area contributed by atoms with E-state index < -0.39 is 0 Å². The summed E-state index contributed by atoms with van der Waals surface area (Å²) in [6.07, 6.45) is 1.41. The summed E-state index contributed by atoms with van der Waals surface area (Å²) >= 11 is 0. The van der Waals surface area contributed by atoms with Crippen molar-refractivity contribution in [2.75, 3.05) is 26.5 Å². The normalized spacial score (nSPS) is 26.3. The van der Waals surface area contributed by atoms with Gasteiger partial charge in [-0.15, -0.1) is 0 Å². The van der Waals surface area contributed by atoms with Crippen molar-refractivity contribution in [3.8, 4) is 11.5 Å². The average molecular weight is 318 g/mol. The van der Waals surface area contributed by atoms with Gasteiger partial charge in [-0.1, -0.05) is 0 Å². The quantitative estimate of drug-likeness (QED) is 0.817. The van der Waals surface area contributed by atoms with Crippen LogP contribution in [0.5, 0.6) is 11.5 Å². The molecule has 1 N–H and O–H groups in total. The molecule has 0 radical (unpaired) electrons. The molecule has 7 nitrogen and oxygen atoms in total. The molecule has 0 aromatic heterocycles. The van der Waals surface area contributed by atoms with Crippen molar-refractivity contribution >= 4 is 11.8 Å². The number of nitrogens with zero attached hydrogens (tertiary/aromatic N) is 1. The molecule has 2 amide bonds. The highest BCUT2D eigenvalue weighted by Crippen LogP contribution is 2.33. The smallest absolute Gasteiger partial charge is 0.253 e. The summed E-state index contributed by atoms with van der Waals surface area (Å²) in [5, 5.41) is 2.95. The van der Waals surface area contributed by atoms with Crippen molar-refractivity contribution in [2.45, 2.75) is 25.0 Å². The number of likely N-dealkylation sites (tertiary alicyclic amines) is 1. The average Bonchev–Trinajstić information content (AvgIpc) is 2.93. The molecule has 23 heavy (non-hydrogen) atoms. The van der Waals surface area contributed by atoms with Gasteiger partial charge in [0.2, 0.25) is 12.7 Å². The highest BCUT2D eigenvalue weighted by Gasteiger charge is 2.33. The lowest BCUT2D eigenvalue weighted by atomic mass is 10.0. The number of carbonyl (C=O) groups excluding carboxylic acids is 2. The van der Waals surface area contributed by atoms with Crippen LogP contribution in [-0.4, -0.2) is 55.3 Å². The standard InChI is InChI=1S/C16H18N2O5/c19-15-8-21-12-4-6-18(5-3-11(12)17-15)16(20)10-1-2-13-14(7-10)23-9-22-13/h1-2,7,11-12H,3-6,8-9H2,(H,17,19)/t11-,12-/m0/s1. The first kappa shape index (κ1) is 14.3. The molecule has 0 spiro atoms. The van der Waals surface area contributed by atoms with E-state index >= 15 is 0 Å². The lowest BCUT2D eigenvalue weighted by Gasteiger charge is -2.30. The van der Waals surface area contributed by atoms with E-state index in [4.69, 9.17) is 14.2 Å². The monoisotopic (exact) mass is 318 g/mol. The van der Waals surface area contributed by atoms with Gasteiger partial charge in [-0.05, 0) is 31.0 Å². The number of nitrogens with one attached hydrogen (secondary N) is 1. The van der Waals surface area contributed by atoms with E-state index in [1.807, 2.05) is 4.90 Å². The van der Waals surface area contributed by atoms with Crippen LogP contribution in [0.2, 0.25) is 0 Å². The largest absolute Gasteiger partial charge is 0.454 e. The number of hydrogen-bond donors (Lipinski definition) is 1. The number of morpholine rings is 1. The highest BCUT2D eigenvalue weighted by atomic mass is 16.7. The van der Waals surface area contributed by atoms with Crippen LogP contribution < -0.4 is 14.8 Å². The van der Waals surface area contributed by atoms with Crippen LogP contribution in [0.1, 0.15) is 23.2 Å². The lowest BCUT2D eigenvalue weighted by Crippen LogP contribution is -2.51. The predicted molar refractivity (Wildman–Crippen MR) is 79.4 cm³/mol. The maximum absolute atomic E-state index is 12.7. The van der Waals surface area contributed by atoms with Crippen molar-refractivity contribution in [2.24, 2.45) is 0 Å². The molecule has 2 fully saturated rings. The van der Waals surface area contributed by atoms with Crippen LogP contribution >= 0.6 is 0 Å². The van der Waals surface area contributed by atoms with Gasteiger partial charge in [-0.2, -0.15) is 0 Å². The fourth-order valence-electron chi connectivity index (χ4n) is 3.29. The summed E-state index contributed by atoms with van der Waals surface area (Å²) in [6, 6.07) is 5.23. The van der Waals surface area contributed by atoms with E-state index in [0.29, 0.717) is 36.6 Å². The maximum Gasteiger partial charge on any atom is 0.253 e. The molecular formula is C16H18N2O5. The van der Waals surface area contributed by atoms with Crippen molar-refractivity contribution < 1.29 is 23.8 Å². The molecule has 0 bridgehead atoms. The molecule has 0 saturated carbocycles. The molecular weight excluding hydrogens is 300 g/mol. The molecule has 2 saturated heterocycles. The van der Waals surface area contributed by atoms with Crippen molar-refractivity contribution in [1.29, 1.82) is 0 Å². The zero-order valence-electron chi connectivity index (χ0n) is 12.6. The second-order valence-electron chi connectivity index (χ2n) is 5.96. The Labute approximate surface area is 133 Å². The minimum atomic E-state index is -0.0817. The topological polar surface area (TPSA) is 77.1 Å². The van der Waals surface area contributed by atoms with Crippen LogP contribution in [0.25, 0.3) is 0 Å². The predicted octanol–water partition coefficient (Wildman–Crippen LogP) is 0.535. The lowest BCUT2D eigenvalue weighted by molar-refractivity contribution is -0.136. The Morgan fingerprint density at radius 1 is 1.17 bits per heavy atom. The van der Waals surface area contributed by atoms with Crippen LogP contribution in [-0.2, 0) is 9.53 Å². The summed E-state index contributed by atoms with van der Waals surface area (Å²) in [4.78, 5) is 26.0. The molecule has 3 aliphatic heterocycles. The van der Waals surface area contributed by atoms with E-state index in [2.05, 4.69) is 5.32 Å². The van der Waals surface area contributed by atoms with Crippen LogP contribution in [0, 0.1) is 0 Å². The van der Waals surface area contributed by atoms with Crippen LogP contribution in [0.4, 0.5) is 0 Å². The molecule has 1 aromatic rings. The van der Waals surface area contributed by atoms with Gasteiger partial charge in [0, 0.05) is 18.7 Å². The van der Waals surface area contributed by atoms with Gasteiger partial charge >= 0.3 is 0 Å². The van der Waals surface area contributed by atoms with E-state index in [0.717, 1.165) is 6.42 Å². The van der Waals surface area contributed by atoms with Gasteiger partial charge in [0.15, 0.2) is 11.5 Å². The van der Waals surface area contributed by atoms with Gasteiger partial charge in [0.25, 0.3) is 5.91 Å². The second kappa shape index (κ2) is 5.73. The Morgan fingerprint density at radius 3 is 2.91 bits per heavy atom. The Bertz CT molecular complexity index is 647. The fraction of sp³-hybridized carbons (Fsp3) is 0.500. The van der Waals surface area contributed by atoms with E-state index in [1.54, 1.807) is 18.2 Å². The van der Waals surface area contributed by atoms with Crippen LogP contribution in [0.3, 0.4) is 0 Å². The Hall–Kier alpha value is -2.28. The Balaban J connectivity index is 1.47. The molecule has 7 heteroatoms. The van der Waals surface area contributed by atoms with Gasteiger partial charge in [-0.3, -0.25) is 9.59 Å². The zero-order valence-corrected chi connectivity index (χ0v) is 12.6. The van der Waals surface area contributed by atoms with Gasteiger partial charge in [0.1, 0.15) is 6.61 Å². The minimum absolute atomic E-state index is 0.00851. The number of ether oxygens (including phenoxy) is 3. The van der Waals surface area contributed by atoms with E-state index in [-0.39, 0.29) is 37.4 Å². The summed E-state index contributed by atoms with van der Waals surface area (Å²) < 4.78 is 16.2. The maximum atomic E-state index is 12.7. The third kappa shape index (κ3) is 2.72. The number of hydrogen-bond acceptors (Lipinski definition) is 5. The first-order valence-electron chi connectivity index (χ1n) is 7.80. The second-order valence-corrected chi connectivity index (χ2v) is 5.96. The molecule has 0 aliphatic carbocycles. The van der Waals surface area contributed by atoms with Crippen molar-refractivity contribution in [3.63, 3.8) is 0 Å². The number of fused-ring (bicyclic) bond motifs is 2. The SMILES string of the molecule is O=C1CO[C@H]2CCN(C(=O)c3ccc4c(c3)OCO4)CC[C@@H]2N1. The van der Waals surface area contributed by atoms with Crippen molar-refractivity contribution in [3.05, 3.63) is 23.8 Å². The highest BCUT2D eigenvalue weighted by molar-refractivity contribution is 5.95. The number of rotatable bonds is 1.